The summed E-state index contributed by atoms with van der Waals surface area (Å²) >= 11 is 0. The van der Waals surface area contributed by atoms with Gasteiger partial charge in [-0.05, 0) is 35.9 Å². The molecular formula is C18H15NO3. The fraction of sp³-hybridized carbons (Fsp3) is 0.0556. The standard InChI is InChI=1S/C18H15NO3/c20-17(11-10-15-8-4-12-21-15)19-18(16-9-5-13-22-16)14-6-2-1-3-7-14/h1-13,18H,(H,19,20)/b11-10+/t18-/m1/s1. The van der Waals surface area contributed by atoms with E-state index in [1.807, 2.05) is 36.4 Å². The van der Waals surface area contributed by atoms with E-state index in [1.54, 1.807) is 36.8 Å². The lowest BCUT2D eigenvalue weighted by atomic mass is 10.0. The van der Waals surface area contributed by atoms with Crippen molar-refractivity contribution in [3.8, 4) is 0 Å². The second-order valence-electron chi connectivity index (χ2n) is 4.72. The van der Waals surface area contributed by atoms with Crippen molar-refractivity contribution in [2.45, 2.75) is 6.04 Å². The largest absolute Gasteiger partial charge is 0.467 e. The molecule has 0 spiro atoms. The Morgan fingerprint density at radius 3 is 2.41 bits per heavy atom. The van der Waals surface area contributed by atoms with Gasteiger partial charge in [0.05, 0.1) is 12.5 Å². The molecule has 3 rings (SSSR count). The van der Waals surface area contributed by atoms with Crippen LogP contribution in [-0.2, 0) is 4.79 Å². The highest BCUT2D eigenvalue weighted by Gasteiger charge is 2.18. The predicted molar refractivity (Wildman–Crippen MR) is 82.9 cm³/mol. The molecule has 4 nitrogen and oxygen atoms in total. The molecule has 0 aliphatic rings. The highest BCUT2D eigenvalue weighted by Crippen LogP contribution is 2.22. The quantitative estimate of drug-likeness (QED) is 0.728. The number of benzene rings is 1. The van der Waals surface area contributed by atoms with Crippen molar-refractivity contribution in [1.82, 2.24) is 5.32 Å². The molecule has 0 bridgehead atoms. The van der Waals surface area contributed by atoms with Crippen LogP contribution in [0.25, 0.3) is 6.08 Å². The highest BCUT2D eigenvalue weighted by molar-refractivity contribution is 5.91. The van der Waals surface area contributed by atoms with Gasteiger partial charge >= 0.3 is 0 Å². The first-order valence-corrected chi connectivity index (χ1v) is 6.93. The van der Waals surface area contributed by atoms with E-state index < -0.39 is 0 Å². The molecule has 0 aliphatic heterocycles. The van der Waals surface area contributed by atoms with Gasteiger partial charge in [-0.25, -0.2) is 0 Å². The maximum absolute atomic E-state index is 12.1. The van der Waals surface area contributed by atoms with Gasteiger partial charge in [0.15, 0.2) is 0 Å². The Balaban J connectivity index is 1.77. The monoisotopic (exact) mass is 293 g/mol. The van der Waals surface area contributed by atoms with Crippen molar-refractivity contribution in [2.24, 2.45) is 0 Å². The van der Waals surface area contributed by atoms with Gasteiger partial charge in [-0.1, -0.05) is 30.3 Å². The van der Waals surface area contributed by atoms with Crippen LogP contribution in [0.1, 0.15) is 23.1 Å². The van der Waals surface area contributed by atoms with Gasteiger partial charge in [0, 0.05) is 6.08 Å². The summed E-state index contributed by atoms with van der Waals surface area (Å²) in [5, 5.41) is 2.94. The Morgan fingerprint density at radius 1 is 0.955 bits per heavy atom. The summed E-state index contributed by atoms with van der Waals surface area (Å²) in [7, 11) is 0. The van der Waals surface area contributed by atoms with Crippen molar-refractivity contribution < 1.29 is 13.6 Å². The lowest BCUT2D eigenvalue weighted by Gasteiger charge is -2.16. The molecule has 1 N–H and O–H groups in total. The van der Waals surface area contributed by atoms with E-state index in [0.29, 0.717) is 11.5 Å². The first-order chi connectivity index (χ1) is 10.8. The van der Waals surface area contributed by atoms with E-state index in [9.17, 15) is 4.79 Å². The molecule has 2 aromatic heterocycles. The Labute approximate surface area is 128 Å². The van der Waals surface area contributed by atoms with E-state index in [1.165, 1.54) is 6.08 Å². The maximum Gasteiger partial charge on any atom is 0.244 e. The molecule has 0 aliphatic carbocycles. The first kappa shape index (κ1) is 13.9. The number of hydrogen-bond donors (Lipinski definition) is 1. The van der Waals surface area contributed by atoms with Crippen LogP contribution in [0.2, 0.25) is 0 Å². The Bertz CT molecular complexity index is 728. The second kappa shape index (κ2) is 6.63. The second-order valence-corrected chi connectivity index (χ2v) is 4.72. The smallest absolute Gasteiger partial charge is 0.244 e. The molecule has 3 aromatic rings. The van der Waals surface area contributed by atoms with Crippen LogP contribution in [0.5, 0.6) is 0 Å². The molecule has 22 heavy (non-hydrogen) atoms. The number of rotatable bonds is 5. The number of amides is 1. The van der Waals surface area contributed by atoms with E-state index in [2.05, 4.69) is 5.32 Å². The molecule has 1 aromatic carbocycles. The SMILES string of the molecule is O=C(/C=C/c1ccco1)N[C@H](c1ccccc1)c1ccco1. The van der Waals surface area contributed by atoms with E-state index in [-0.39, 0.29) is 11.9 Å². The van der Waals surface area contributed by atoms with E-state index in [0.717, 1.165) is 5.56 Å². The van der Waals surface area contributed by atoms with Crippen LogP contribution >= 0.6 is 0 Å². The van der Waals surface area contributed by atoms with Gasteiger partial charge in [0.1, 0.15) is 17.6 Å². The molecule has 2 heterocycles. The Kier molecular flexibility index (Phi) is 4.20. The topological polar surface area (TPSA) is 55.4 Å². The van der Waals surface area contributed by atoms with Crippen LogP contribution in [0, 0.1) is 0 Å². The van der Waals surface area contributed by atoms with Crippen LogP contribution < -0.4 is 5.32 Å². The van der Waals surface area contributed by atoms with Gasteiger partial charge < -0.3 is 14.2 Å². The zero-order chi connectivity index (χ0) is 15.2. The fourth-order valence-corrected chi connectivity index (χ4v) is 2.15. The molecule has 0 radical (unpaired) electrons. The zero-order valence-corrected chi connectivity index (χ0v) is 11.8. The van der Waals surface area contributed by atoms with E-state index in [4.69, 9.17) is 8.83 Å². The maximum atomic E-state index is 12.1. The van der Waals surface area contributed by atoms with Gasteiger partial charge in [0.2, 0.25) is 5.91 Å². The summed E-state index contributed by atoms with van der Waals surface area (Å²) in [6.45, 7) is 0. The van der Waals surface area contributed by atoms with Crippen molar-refractivity contribution >= 4 is 12.0 Å². The van der Waals surface area contributed by atoms with Crippen LogP contribution in [0.15, 0.2) is 82.0 Å². The minimum absolute atomic E-state index is 0.221. The molecule has 4 heteroatoms. The summed E-state index contributed by atoms with van der Waals surface area (Å²) < 4.78 is 10.6. The van der Waals surface area contributed by atoms with Gasteiger partial charge in [-0.3, -0.25) is 4.79 Å². The zero-order valence-electron chi connectivity index (χ0n) is 11.8. The van der Waals surface area contributed by atoms with Gasteiger partial charge in [0.25, 0.3) is 0 Å². The summed E-state index contributed by atoms with van der Waals surface area (Å²) in [5.74, 6) is 1.09. The fourth-order valence-electron chi connectivity index (χ4n) is 2.15. The lowest BCUT2D eigenvalue weighted by molar-refractivity contribution is -0.117. The molecule has 1 amide bonds. The average Bonchev–Trinajstić information content (AvgIpc) is 3.25. The normalized spacial score (nSPS) is 12.4. The third-order valence-electron chi connectivity index (χ3n) is 3.19. The minimum atomic E-state index is -0.329. The van der Waals surface area contributed by atoms with Crippen molar-refractivity contribution in [3.05, 3.63) is 90.3 Å². The molecule has 1 atom stereocenters. The summed E-state index contributed by atoms with van der Waals surface area (Å²) in [4.78, 5) is 12.1. The molecule has 0 saturated heterocycles. The summed E-state index contributed by atoms with van der Waals surface area (Å²) in [5.41, 5.74) is 0.956. The molecule has 0 saturated carbocycles. The Morgan fingerprint density at radius 2 is 1.73 bits per heavy atom. The third-order valence-corrected chi connectivity index (χ3v) is 3.19. The number of carbonyl (C=O) groups is 1. The minimum Gasteiger partial charge on any atom is -0.467 e. The van der Waals surface area contributed by atoms with Crippen LogP contribution in [0.4, 0.5) is 0 Å². The Hall–Kier alpha value is -3.01. The van der Waals surface area contributed by atoms with Gasteiger partial charge in [-0.2, -0.15) is 0 Å². The summed E-state index contributed by atoms with van der Waals surface area (Å²) in [6, 6.07) is 16.5. The molecule has 0 unspecified atom stereocenters. The van der Waals surface area contributed by atoms with Gasteiger partial charge in [-0.15, -0.1) is 0 Å². The average molecular weight is 293 g/mol. The molecule has 0 fully saturated rings. The number of carbonyl (C=O) groups excluding carboxylic acids is 1. The first-order valence-electron chi connectivity index (χ1n) is 6.93. The van der Waals surface area contributed by atoms with Crippen molar-refractivity contribution in [3.63, 3.8) is 0 Å². The number of nitrogens with one attached hydrogen (secondary N) is 1. The van der Waals surface area contributed by atoms with Crippen molar-refractivity contribution in [2.75, 3.05) is 0 Å². The molecule has 110 valence electrons. The van der Waals surface area contributed by atoms with E-state index >= 15 is 0 Å². The van der Waals surface area contributed by atoms with Crippen LogP contribution in [0.3, 0.4) is 0 Å². The van der Waals surface area contributed by atoms with Crippen LogP contribution in [-0.4, -0.2) is 5.91 Å². The predicted octanol–water partition coefficient (Wildman–Crippen LogP) is 3.79. The molecular weight excluding hydrogens is 278 g/mol. The number of hydrogen-bond acceptors (Lipinski definition) is 3. The number of furan rings is 2. The highest BCUT2D eigenvalue weighted by atomic mass is 16.3. The lowest BCUT2D eigenvalue weighted by Crippen LogP contribution is -2.27. The summed E-state index contributed by atoms with van der Waals surface area (Å²) in [6.07, 6.45) is 6.22. The third kappa shape index (κ3) is 3.35. The van der Waals surface area contributed by atoms with Crippen molar-refractivity contribution in [1.29, 1.82) is 0 Å².